The van der Waals surface area contributed by atoms with Crippen LogP contribution in [0.4, 0.5) is 0 Å². The summed E-state index contributed by atoms with van der Waals surface area (Å²) >= 11 is 0. The quantitative estimate of drug-likeness (QED) is 0.0851. The molecule has 4 atom stereocenters. The number of rotatable bonds is 16. The fourth-order valence-electron chi connectivity index (χ4n) is 17.1. The molecule has 0 N–H and O–H groups in total. The Morgan fingerprint density at radius 3 is 0.957 bits per heavy atom. The predicted octanol–water partition coefficient (Wildman–Crippen LogP) is 33.7. The molecule has 20 heteroatoms. The van der Waals surface area contributed by atoms with Gasteiger partial charge in [-0.25, -0.2) is 69.4 Å². The molecule has 0 saturated heterocycles. The minimum Gasteiger partial charge on any atom is -0.460 e. The van der Waals surface area contributed by atoms with E-state index in [1.54, 1.807) is 24.8 Å². The van der Waals surface area contributed by atoms with Gasteiger partial charge in [-0.15, -0.1) is 72.8 Å². The Morgan fingerprint density at radius 1 is 0.221 bits per heavy atom. The van der Waals surface area contributed by atoms with Crippen LogP contribution in [0.2, 0.25) is 0 Å². The van der Waals surface area contributed by atoms with E-state index in [-0.39, 0.29) is 84.3 Å². The minimum atomic E-state index is -0.772. The first-order chi connectivity index (χ1) is 66.6. The van der Waals surface area contributed by atoms with Gasteiger partial charge in [0.1, 0.15) is 0 Å². The Bertz CT molecular complexity index is 8680. The Morgan fingerprint density at radius 2 is 0.571 bits per heavy atom. The number of pyridine rings is 8. The van der Waals surface area contributed by atoms with Crippen molar-refractivity contribution in [1.82, 2.24) is 39.9 Å². The monoisotopic (exact) mass is 2600 g/mol. The van der Waals surface area contributed by atoms with E-state index in [1.165, 1.54) is 101 Å². The molecular formula is C120H84N8O4P4Pt4. The molecule has 0 radical (unpaired) electrons. The fourth-order valence-corrected chi connectivity index (χ4v) is 27.3. The molecule has 140 heavy (non-hydrogen) atoms. The average Bonchev–Trinajstić information content (AvgIpc) is 1.61. The molecule has 12 nitrogen and oxygen atoms in total. The summed E-state index contributed by atoms with van der Waals surface area (Å²) in [4.78, 5) is 36.5. The van der Waals surface area contributed by atoms with E-state index in [4.69, 9.17) is 38.9 Å². The molecule has 0 aliphatic rings. The molecule has 0 fully saturated rings. The molecule has 24 aromatic rings. The Kier molecular flexibility index (Phi) is 31.1. The van der Waals surface area contributed by atoms with E-state index in [1.807, 2.05) is 193 Å². The summed E-state index contributed by atoms with van der Waals surface area (Å²) in [5.41, 5.74) is 21.1. The third kappa shape index (κ3) is 21.2. The molecule has 12 aromatic carbocycles. The van der Waals surface area contributed by atoms with Crippen LogP contribution in [0.25, 0.3) is 150 Å². The Labute approximate surface area is 875 Å². The standard InChI is InChI=1S/4C30H21N2OP.4Pt/c1-20-14-16-31-29(17-20)34-27-11-4-3-10-25(27)26-13-12-23(19-28(26)34)22-8-5-9-24(18-22)33-30-21(2)7-6-15-32-30;1-20-14-16-31-29(17-20)33-24-9-5-8-22(18-24)23-12-13-26-25-10-3-4-11-27(25)34(28(26)19-23)30-21(2)7-6-15-32-30;1-20-15-16-31-29(17-20)33-24-9-6-8-22(18-24)23-13-14-26-25-10-3-4-11-27(25)34(28(26)19-23)30-12-5-7-21(2)32-30;1-20-14-15-31-29(16-20)33-24-7-5-6-22(17-24)23-11-12-26-25-8-3-4-9-27(25)34(28(26)18-23)30-13-10-21(2)19-32-30;;;;/h3*3-17H,1-2H3;3-16,19H,1-2H3;;;;/q4*-2;4*+2. The fraction of sp³-hybridized carbons (Fsp3) is 0.0667. The van der Waals surface area contributed by atoms with Crippen molar-refractivity contribution in [2.75, 3.05) is 0 Å². The number of aromatic nitrogens is 8. The molecule has 4 unspecified atom stereocenters. The average molecular weight is 2610 g/mol. The van der Waals surface area contributed by atoms with Gasteiger partial charge in [-0.1, -0.05) is 193 Å². The van der Waals surface area contributed by atoms with Crippen molar-refractivity contribution in [3.05, 3.63) is 458 Å². The van der Waals surface area contributed by atoms with Crippen molar-refractivity contribution < 1.29 is 103 Å². The molecule has 12 heterocycles. The van der Waals surface area contributed by atoms with Crippen molar-refractivity contribution in [1.29, 1.82) is 0 Å². The van der Waals surface area contributed by atoms with E-state index in [0.717, 1.165) is 94.2 Å². The van der Waals surface area contributed by atoms with Gasteiger partial charge < -0.3 is 18.9 Å². The summed E-state index contributed by atoms with van der Waals surface area (Å²) in [7, 11) is -3.07. The third-order valence-corrected chi connectivity index (χ3v) is 33.3. The van der Waals surface area contributed by atoms with Crippen LogP contribution in [-0.4, -0.2) is 39.9 Å². The van der Waals surface area contributed by atoms with Gasteiger partial charge in [-0.2, -0.15) is 97.1 Å². The SMILES string of the molecule is Cc1ccc(-p2c3[c-]c(-c4[c-]c(Oc5cc(C)ccn5)ccc4)ccc3c3ccccc32)nc1.Cc1ccnc(-p2c3[c-]c(-c4[c-]c(Oc5ncccc5C)ccc4)ccc3c3ccccc32)c1.Cc1ccnc(Oc2[c-]c(-c3[c-]c4c(cc3)c3ccccc3p4-c3cccc(C)n3)ccc2)c1.Cc1ccnc(Oc2[c-]c(-c3[c-]c4c(cc3)c3ccccc3p4-c3ncccc3C)ccc2)c1.[Pt+2].[Pt+2].[Pt+2].[Pt+2]. The van der Waals surface area contributed by atoms with Crippen LogP contribution >= 0.6 is 30.1 Å². The predicted molar refractivity (Wildman–Crippen MR) is 561 cm³/mol. The summed E-state index contributed by atoms with van der Waals surface area (Å²) in [5, 5.41) is 20.3. The molecular weight excluding hydrogens is 2520 g/mol. The van der Waals surface area contributed by atoms with Gasteiger partial charge in [0.15, 0.2) is 0 Å². The van der Waals surface area contributed by atoms with E-state index in [0.29, 0.717) is 46.5 Å². The van der Waals surface area contributed by atoms with Gasteiger partial charge in [0.05, 0.1) is 21.7 Å². The topological polar surface area (TPSA) is 140 Å². The minimum absolute atomic E-state index is 0. The number of fused-ring (bicyclic) bond motifs is 12. The molecule has 0 saturated carbocycles. The van der Waals surface area contributed by atoms with Crippen LogP contribution in [0.5, 0.6) is 46.5 Å². The Hall–Kier alpha value is -13.0. The molecule has 0 aliphatic heterocycles. The van der Waals surface area contributed by atoms with Gasteiger partial charge >= 0.3 is 84.3 Å². The molecule has 24 rings (SSSR count). The molecule has 0 spiro atoms. The zero-order valence-electron chi connectivity index (χ0n) is 76.9. The zero-order chi connectivity index (χ0) is 92.3. The van der Waals surface area contributed by atoms with Crippen LogP contribution in [0.3, 0.4) is 0 Å². The van der Waals surface area contributed by atoms with Crippen LogP contribution in [-0.2, 0) is 84.3 Å². The summed E-state index contributed by atoms with van der Waals surface area (Å²) in [6.07, 6.45) is 12.7. The summed E-state index contributed by atoms with van der Waals surface area (Å²) in [6, 6.07) is 139. The maximum atomic E-state index is 6.03. The molecule has 0 amide bonds. The normalized spacial score (nSPS) is 11.4. The van der Waals surface area contributed by atoms with Crippen molar-refractivity contribution in [3.63, 3.8) is 0 Å². The second kappa shape index (κ2) is 44.2. The van der Waals surface area contributed by atoms with Gasteiger partial charge in [-0.3, -0.25) is 15.0 Å². The molecule has 12 aromatic heterocycles. The number of hydrogen-bond acceptors (Lipinski definition) is 12. The number of benzene rings is 12. The molecule has 688 valence electrons. The smallest absolute Gasteiger partial charge is 0.460 e. The van der Waals surface area contributed by atoms with Crippen LogP contribution in [0.1, 0.15) is 44.6 Å². The first-order valence-corrected chi connectivity index (χ1v) is 50.1. The van der Waals surface area contributed by atoms with Crippen molar-refractivity contribution in [3.8, 4) is 113 Å². The van der Waals surface area contributed by atoms with Crippen molar-refractivity contribution in [2.24, 2.45) is 0 Å². The van der Waals surface area contributed by atoms with Crippen molar-refractivity contribution in [2.45, 2.75) is 55.4 Å². The van der Waals surface area contributed by atoms with Gasteiger partial charge in [0, 0.05) is 95.8 Å². The third-order valence-electron chi connectivity index (χ3n) is 23.6. The van der Waals surface area contributed by atoms with Crippen molar-refractivity contribution >= 4 is 114 Å². The van der Waals surface area contributed by atoms with E-state index in [9.17, 15) is 0 Å². The number of aryl methyl sites for hydroxylation is 8. The largest absolute Gasteiger partial charge is 2.00 e. The van der Waals surface area contributed by atoms with Crippen LogP contribution in [0.15, 0.2) is 365 Å². The van der Waals surface area contributed by atoms with E-state index >= 15 is 0 Å². The summed E-state index contributed by atoms with van der Waals surface area (Å²) in [5.74, 6) is 4.83. The first-order valence-electron chi connectivity index (χ1n) is 44.7. The second-order valence-corrected chi connectivity index (χ2v) is 41.6. The van der Waals surface area contributed by atoms with Crippen LogP contribution < -0.4 is 18.9 Å². The number of ether oxygens (including phenoxy) is 4. The Balaban J connectivity index is 0.000000128. The number of nitrogens with zero attached hydrogens (tertiary/aromatic N) is 8. The first kappa shape index (κ1) is 98.6. The van der Waals surface area contributed by atoms with Gasteiger partial charge in [0.2, 0.25) is 23.5 Å². The van der Waals surface area contributed by atoms with E-state index < -0.39 is 30.1 Å². The maximum Gasteiger partial charge on any atom is 2.00 e. The summed E-state index contributed by atoms with van der Waals surface area (Å²) in [6.45, 7) is 16.4. The molecule has 0 aliphatic carbocycles. The summed E-state index contributed by atoms with van der Waals surface area (Å²) < 4.78 is 24.0. The van der Waals surface area contributed by atoms with Gasteiger partial charge in [-0.05, 0) is 191 Å². The van der Waals surface area contributed by atoms with Crippen LogP contribution in [0, 0.1) is 104 Å². The maximum absolute atomic E-state index is 6.03. The molecule has 0 bridgehead atoms. The second-order valence-electron chi connectivity index (χ2n) is 33.4. The zero-order valence-corrected chi connectivity index (χ0v) is 89.6. The van der Waals surface area contributed by atoms with Gasteiger partial charge in [0.25, 0.3) is 0 Å². The van der Waals surface area contributed by atoms with E-state index in [2.05, 4.69) is 271 Å². The number of hydrogen-bond donors (Lipinski definition) is 0.